The molecule has 1 amide bonds. The zero-order valence-corrected chi connectivity index (χ0v) is 9.41. The van der Waals surface area contributed by atoms with E-state index in [0.717, 1.165) is 26.0 Å². The molecule has 0 aromatic heterocycles. The maximum atomic E-state index is 10.4. The topological polar surface area (TPSA) is 55.6 Å². The van der Waals surface area contributed by atoms with Crippen LogP contribution in [0.5, 0.6) is 0 Å². The first-order chi connectivity index (χ1) is 7.29. The highest BCUT2D eigenvalue weighted by molar-refractivity contribution is 5.73. The summed E-state index contributed by atoms with van der Waals surface area (Å²) in [4.78, 5) is 12.9. The van der Waals surface area contributed by atoms with Crippen molar-refractivity contribution in [2.45, 2.75) is 32.1 Å². The second-order valence-corrected chi connectivity index (χ2v) is 4.08. The van der Waals surface area contributed by atoms with Crippen LogP contribution >= 0.6 is 0 Å². The van der Waals surface area contributed by atoms with Crippen LogP contribution in [-0.4, -0.2) is 43.7 Å². The first kappa shape index (κ1) is 12.5. The average molecular weight is 214 g/mol. The lowest BCUT2D eigenvalue weighted by molar-refractivity contribution is -0.118. The molecule has 1 rings (SSSR count). The normalized spacial score (nSPS) is 17.1. The molecular formula is C11H22N2O2. The van der Waals surface area contributed by atoms with Crippen molar-refractivity contribution in [1.82, 2.24) is 4.90 Å². The summed E-state index contributed by atoms with van der Waals surface area (Å²) in [5.41, 5.74) is 5.01. The monoisotopic (exact) mass is 214 g/mol. The Balaban J connectivity index is 1.78. The Bertz CT molecular complexity index is 179. The molecular weight excluding hydrogens is 192 g/mol. The molecule has 0 atom stereocenters. The van der Waals surface area contributed by atoms with Gasteiger partial charge in [0.15, 0.2) is 0 Å². The fourth-order valence-electron chi connectivity index (χ4n) is 1.85. The predicted octanol–water partition coefficient (Wildman–Crippen LogP) is 0.754. The van der Waals surface area contributed by atoms with E-state index in [1.165, 1.54) is 25.9 Å². The van der Waals surface area contributed by atoms with E-state index in [0.29, 0.717) is 13.0 Å². The zero-order valence-electron chi connectivity index (χ0n) is 9.41. The maximum absolute atomic E-state index is 10.4. The fourth-order valence-corrected chi connectivity index (χ4v) is 1.85. The largest absolute Gasteiger partial charge is 0.381 e. The molecule has 1 saturated heterocycles. The quantitative estimate of drug-likeness (QED) is 0.607. The summed E-state index contributed by atoms with van der Waals surface area (Å²) in [5, 5.41) is 0. The summed E-state index contributed by atoms with van der Waals surface area (Å²) < 4.78 is 5.41. The van der Waals surface area contributed by atoms with Crippen LogP contribution in [0.1, 0.15) is 32.1 Å². The van der Waals surface area contributed by atoms with Crippen molar-refractivity contribution in [2.24, 2.45) is 5.73 Å². The number of carbonyl (C=O) groups excluding carboxylic acids is 1. The van der Waals surface area contributed by atoms with Crippen molar-refractivity contribution in [3.63, 3.8) is 0 Å². The third kappa shape index (κ3) is 6.47. The average Bonchev–Trinajstić information content (AvgIpc) is 2.68. The molecule has 15 heavy (non-hydrogen) atoms. The molecule has 0 bridgehead atoms. The van der Waals surface area contributed by atoms with Crippen LogP contribution in [0.25, 0.3) is 0 Å². The van der Waals surface area contributed by atoms with Crippen LogP contribution in [0.3, 0.4) is 0 Å². The van der Waals surface area contributed by atoms with Gasteiger partial charge >= 0.3 is 0 Å². The number of nitrogens with zero attached hydrogens (tertiary/aromatic N) is 1. The summed E-state index contributed by atoms with van der Waals surface area (Å²) in [6, 6.07) is 0. The Morgan fingerprint density at radius 1 is 1.20 bits per heavy atom. The molecule has 1 heterocycles. The fraction of sp³-hybridized carbons (Fsp3) is 0.909. The Hall–Kier alpha value is -0.610. The minimum absolute atomic E-state index is 0.240. The van der Waals surface area contributed by atoms with Gasteiger partial charge < -0.3 is 15.4 Å². The van der Waals surface area contributed by atoms with Crippen molar-refractivity contribution in [3.8, 4) is 0 Å². The molecule has 0 radical (unpaired) electrons. The van der Waals surface area contributed by atoms with E-state index in [-0.39, 0.29) is 5.91 Å². The standard InChI is InChI=1S/C11H22N2O2/c12-11(14)5-3-9-15-10-4-8-13-6-1-2-7-13/h1-10H2,(H2,12,14). The molecule has 1 aliphatic heterocycles. The predicted molar refractivity (Wildman–Crippen MR) is 59.5 cm³/mol. The second kappa shape index (κ2) is 7.65. The van der Waals surface area contributed by atoms with Crippen molar-refractivity contribution < 1.29 is 9.53 Å². The summed E-state index contributed by atoms with van der Waals surface area (Å²) in [6.45, 7) is 5.11. The van der Waals surface area contributed by atoms with E-state index >= 15 is 0 Å². The molecule has 0 saturated carbocycles. The maximum Gasteiger partial charge on any atom is 0.217 e. The minimum atomic E-state index is -0.240. The molecule has 0 spiro atoms. The second-order valence-electron chi connectivity index (χ2n) is 4.08. The number of likely N-dealkylation sites (tertiary alicyclic amines) is 1. The van der Waals surface area contributed by atoms with Crippen molar-refractivity contribution >= 4 is 5.91 Å². The van der Waals surface area contributed by atoms with Crippen LogP contribution in [-0.2, 0) is 9.53 Å². The van der Waals surface area contributed by atoms with E-state index in [1.807, 2.05) is 0 Å². The SMILES string of the molecule is NC(=O)CCCOCCCN1CCCC1. The third-order valence-electron chi connectivity index (χ3n) is 2.67. The van der Waals surface area contributed by atoms with E-state index in [2.05, 4.69) is 4.90 Å². The Kier molecular flexibility index (Phi) is 6.36. The Morgan fingerprint density at radius 3 is 2.53 bits per heavy atom. The summed E-state index contributed by atoms with van der Waals surface area (Å²) in [6.07, 6.45) is 4.97. The lowest BCUT2D eigenvalue weighted by atomic mass is 10.3. The molecule has 0 aromatic rings. The number of ether oxygens (including phenoxy) is 1. The van der Waals surface area contributed by atoms with Crippen molar-refractivity contribution in [3.05, 3.63) is 0 Å². The van der Waals surface area contributed by atoms with Gasteiger partial charge in [-0.25, -0.2) is 0 Å². The zero-order chi connectivity index (χ0) is 10.9. The van der Waals surface area contributed by atoms with E-state index in [1.54, 1.807) is 0 Å². The van der Waals surface area contributed by atoms with Crippen LogP contribution < -0.4 is 5.73 Å². The molecule has 1 aliphatic rings. The highest BCUT2D eigenvalue weighted by atomic mass is 16.5. The minimum Gasteiger partial charge on any atom is -0.381 e. The van der Waals surface area contributed by atoms with Gasteiger partial charge in [0.2, 0.25) is 5.91 Å². The van der Waals surface area contributed by atoms with E-state index in [4.69, 9.17) is 10.5 Å². The van der Waals surface area contributed by atoms with Crippen LogP contribution in [0.4, 0.5) is 0 Å². The van der Waals surface area contributed by atoms with Crippen LogP contribution in [0, 0.1) is 0 Å². The molecule has 4 nitrogen and oxygen atoms in total. The van der Waals surface area contributed by atoms with Gasteiger partial charge in [-0.05, 0) is 38.8 Å². The van der Waals surface area contributed by atoms with Gasteiger partial charge in [-0.2, -0.15) is 0 Å². The lowest BCUT2D eigenvalue weighted by Gasteiger charge is -2.13. The number of rotatable bonds is 8. The van der Waals surface area contributed by atoms with Crippen LogP contribution in [0.15, 0.2) is 0 Å². The van der Waals surface area contributed by atoms with Gasteiger partial charge in [-0.15, -0.1) is 0 Å². The Labute approximate surface area is 91.8 Å². The molecule has 88 valence electrons. The van der Waals surface area contributed by atoms with Gasteiger partial charge in [0.25, 0.3) is 0 Å². The summed E-state index contributed by atoms with van der Waals surface area (Å²) in [5.74, 6) is -0.240. The van der Waals surface area contributed by atoms with Crippen LogP contribution in [0.2, 0.25) is 0 Å². The van der Waals surface area contributed by atoms with Gasteiger partial charge in [0, 0.05) is 26.2 Å². The summed E-state index contributed by atoms with van der Waals surface area (Å²) in [7, 11) is 0. The van der Waals surface area contributed by atoms with E-state index < -0.39 is 0 Å². The van der Waals surface area contributed by atoms with Crippen molar-refractivity contribution in [2.75, 3.05) is 32.8 Å². The third-order valence-corrected chi connectivity index (χ3v) is 2.67. The first-order valence-electron chi connectivity index (χ1n) is 5.87. The van der Waals surface area contributed by atoms with E-state index in [9.17, 15) is 4.79 Å². The highest BCUT2D eigenvalue weighted by Gasteiger charge is 2.09. The molecule has 1 fully saturated rings. The number of hydrogen-bond donors (Lipinski definition) is 1. The first-order valence-corrected chi connectivity index (χ1v) is 5.87. The van der Waals surface area contributed by atoms with Crippen molar-refractivity contribution in [1.29, 1.82) is 0 Å². The molecule has 2 N–H and O–H groups in total. The smallest absolute Gasteiger partial charge is 0.217 e. The van der Waals surface area contributed by atoms with Gasteiger partial charge in [0.1, 0.15) is 0 Å². The number of primary amides is 1. The number of carbonyl (C=O) groups is 1. The molecule has 0 aliphatic carbocycles. The van der Waals surface area contributed by atoms with Gasteiger partial charge in [-0.3, -0.25) is 4.79 Å². The number of nitrogens with two attached hydrogens (primary N) is 1. The lowest BCUT2D eigenvalue weighted by Crippen LogP contribution is -2.21. The van der Waals surface area contributed by atoms with Gasteiger partial charge in [-0.1, -0.05) is 0 Å². The molecule has 0 unspecified atom stereocenters. The number of hydrogen-bond acceptors (Lipinski definition) is 3. The van der Waals surface area contributed by atoms with Gasteiger partial charge in [0.05, 0.1) is 0 Å². The highest BCUT2D eigenvalue weighted by Crippen LogP contribution is 2.07. The Morgan fingerprint density at radius 2 is 1.87 bits per heavy atom. The molecule has 4 heteroatoms. The molecule has 0 aromatic carbocycles. The number of amides is 1. The summed E-state index contributed by atoms with van der Waals surface area (Å²) >= 11 is 0.